The molecule has 1 heterocycles. The summed E-state index contributed by atoms with van der Waals surface area (Å²) in [6.07, 6.45) is 4.04. The normalized spacial score (nSPS) is 33.8. The van der Waals surface area contributed by atoms with Gasteiger partial charge in [0.15, 0.2) is 0 Å². The Morgan fingerprint density at radius 2 is 2.15 bits per heavy atom. The van der Waals surface area contributed by atoms with Gasteiger partial charge >= 0.3 is 0 Å². The average molecular weight is 297 g/mol. The highest BCUT2D eigenvalue weighted by Gasteiger charge is 2.52. The van der Waals surface area contributed by atoms with E-state index in [4.69, 9.17) is 18.0 Å². The summed E-state index contributed by atoms with van der Waals surface area (Å²) in [5, 5.41) is 0. The molecule has 0 aromatic heterocycles. The molecule has 2 N–H and O–H groups in total. The van der Waals surface area contributed by atoms with Gasteiger partial charge in [0.2, 0.25) is 5.91 Å². The van der Waals surface area contributed by atoms with E-state index in [0.29, 0.717) is 16.9 Å². The first kappa shape index (κ1) is 15.7. The van der Waals surface area contributed by atoms with Crippen LogP contribution in [0.4, 0.5) is 0 Å². The number of hydrogen-bond donors (Lipinski definition) is 1. The Hall–Kier alpha value is -0.680. The Bertz CT molecular complexity index is 393. The number of amides is 1. The lowest BCUT2D eigenvalue weighted by Gasteiger charge is -2.46. The zero-order chi connectivity index (χ0) is 14.9. The number of carbonyl (C=O) groups excluding carboxylic acids is 1. The number of nitrogens with zero attached hydrogens (tertiary/aromatic N) is 2. The summed E-state index contributed by atoms with van der Waals surface area (Å²) >= 11 is 5.18. The van der Waals surface area contributed by atoms with E-state index in [1.807, 2.05) is 11.9 Å². The molecule has 2 fully saturated rings. The molecule has 0 bridgehead atoms. The first-order valence-corrected chi connectivity index (χ1v) is 8.11. The van der Waals surface area contributed by atoms with Crippen LogP contribution in [0.3, 0.4) is 0 Å². The topological polar surface area (TPSA) is 49.6 Å². The molecule has 0 aromatic rings. The minimum absolute atomic E-state index is 0.131. The predicted molar refractivity (Wildman–Crippen MR) is 85.5 cm³/mol. The Morgan fingerprint density at radius 3 is 2.65 bits per heavy atom. The molecule has 1 aliphatic heterocycles. The molecule has 114 valence electrons. The molecule has 20 heavy (non-hydrogen) atoms. The van der Waals surface area contributed by atoms with Gasteiger partial charge in [-0.25, -0.2) is 0 Å². The summed E-state index contributed by atoms with van der Waals surface area (Å²) in [6, 6.07) is 0.495. The molecule has 5 heteroatoms. The highest BCUT2D eigenvalue weighted by atomic mass is 32.1. The molecule has 2 aliphatic rings. The fraction of sp³-hybridized carbons (Fsp3) is 0.867. The fourth-order valence-electron chi connectivity index (χ4n) is 3.89. The molecule has 0 aromatic carbocycles. The van der Waals surface area contributed by atoms with E-state index >= 15 is 0 Å². The van der Waals surface area contributed by atoms with Crippen LogP contribution in [0.25, 0.3) is 0 Å². The van der Waals surface area contributed by atoms with Gasteiger partial charge in [-0.3, -0.25) is 9.69 Å². The Kier molecular flexibility index (Phi) is 4.69. The first-order chi connectivity index (χ1) is 9.40. The maximum atomic E-state index is 12.8. The summed E-state index contributed by atoms with van der Waals surface area (Å²) in [6.45, 7) is 7.35. The summed E-state index contributed by atoms with van der Waals surface area (Å²) in [5.41, 5.74) is 5.31. The van der Waals surface area contributed by atoms with Gasteiger partial charge < -0.3 is 10.6 Å². The van der Waals surface area contributed by atoms with Crippen LogP contribution in [0.5, 0.6) is 0 Å². The van der Waals surface area contributed by atoms with Crippen LogP contribution in [0.1, 0.15) is 39.5 Å². The summed E-state index contributed by atoms with van der Waals surface area (Å²) in [5.74, 6) is 0.679. The van der Waals surface area contributed by atoms with Crippen molar-refractivity contribution < 1.29 is 4.79 Å². The van der Waals surface area contributed by atoms with Gasteiger partial charge in [0.05, 0.1) is 10.4 Å². The van der Waals surface area contributed by atoms with Crippen LogP contribution >= 0.6 is 12.2 Å². The van der Waals surface area contributed by atoms with Gasteiger partial charge in [0.1, 0.15) is 0 Å². The van der Waals surface area contributed by atoms with E-state index in [2.05, 4.69) is 18.7 Å². The third kappa shape index (κ3) is 2.70. The van der Waals surface area contributed by atoms with Crippen molar-refractivity contribution in [2.75, 3.05) is 26.7 Å². The third-order valence-electron chi connectivity index (χ3n) is 5.01. The second-order valence-corrected chi connectivity index (χ2v) is 7.01. The highest BCUT2D eigenvalue weighted by Crippen LogP contribution is 2.47. The van der Waals surface area contributed by atoms with Gasteiger partial charge in [0.25, 0.3) is 0 Å². The lowest BCUT2D eigenvalue weighted by Crippen LogP contribution is -2.57. The van der Waals surface area contributed by atoms with Crippen molar-refractivity contribution in [1.29, 1.82) is 0 Å². The van der Waals surface area contributed by atoms with E-state index in [-0.39, 0.29) is 5.91 Å². The third-order valence-corrected chi connectivity index (χ3v) is 5.40. The monoisotopic (exact) mass is 297 g/mol. The van der Waals surface area contributed by atoms with E-state index in [1.54, 1.807) is 0 Å². The van der Waals surface area contributed by atoms with Crippen LogP contribution in [0.15, 0.2) is 0 Å². The Labute approximate surface area is 127 Å². The standard InChI is InChI=1S/C15H27N3OS/c1-4-18-7-5-6-12(18)10-17(3)14(19)15(13(16)20)8-11(2)9-15/h11-12H,4-10H2,1-3H3,(H2,16,20). The van der Waals surface area contributed by atoms with Gasteiger partial charge in [-0.1, -0.05) is 26.1 Å². The zero-order valence-corrected chi connectivity index (χ0v) is 13.7. The minimum Gasteiger partial charge on any atom is -0.392 e. The number of rotatable bonds is 5. The van der Waals surface area contributed by atoms with Gasteiger partial charge in [-0.2, -0.15) is 0 Å². The average Bonchev–Trinajstić information content (AvgIpc) is 2.80. The number of likely N-dealkylation sites (tertiary alicyclic amines) is 1. The molecule has 1 aliphatic carbocycles. The van der Waals surface area contributed by atoms with E-state index in [1.165, 1.54) is 12.8 Å². The molecular formula is C15H27N3OS. The van der Waals surface area contributed by atoms with Crippen molar-refractivity contribution in [3.63, 3.8) is 0 Å². The SMILES string of the molecule is CCN1CCCC1CN(C)C(=O)C1(C(N)=S)CC(C)C1. The predicted octanol–water partition coefficient (Wildman–Crippen LogP) is 1.63. The number of thiocarbonyl (C=S) groups is 1. The molecule has 0 spiro atoms. The minimum atomic E-state index is -0.556. The van der Waals surface area contributed by atoms with Crippen molar-refractivity contribution in [3.05, 3.63) is 0 Å². The number of hydrogen-bond acceptors (Lipinski definition) is 3. The summed E-state index contributed by atoms with van der Waals surface area (Å²) < 4.78 is 0. The highest BCUT2D eigenvalue weighted by molar-refractivity contribution is 7.80. The van der Waals surface area contributed by atoms with Crippen LogP contribution < -0.4 is 5.73 Å². The number of carbonyl (C=O) groups is 1. The molecule has 1 saturated carbocycles. The molecule has 1 unspecified atom stereocenters. The zero-order valence-electron chi connectivity index (χ0n) is 12.9. The second-order valence-electron chi connectivity index (χ2n) is 6.57. The van der Waals surface area contributed by atoms with Crippen molar-refractivity contribution in [1.82, 2.24) is 9.80 Å². The molecular weight excluding hydrogens is 270 g/mol. The van der Waals surface area contributed by atoms with Crippen molar-refractivity contribution in [2.45, 2.75) is 45.6 Å². The largest absolute Gasteiger partial charge is 0.392 e. The number of likely N-dealkylation sites (N-methyl/N-ethyl adjacent to an activating group) is 2. The number of nitrogens with two attached hydrogens (primary N) is 1. The Morgan fingerprint density at radius 1 is 1.50 bits per heavy atom. The molecule has 1 amide bonds. The molecule has 0 radical (unpaired) electrons. The Balaban J connectivity index is 1.99. The van der Waals surface area contributed by atoms with E-state index < -0.39 is 5.41 Å². The molecule has 4 nitrogen and oxygen atoms in total. The van der Waals surface area contributed by atoms with Crippen molar-refractivity contribution in [3.8, 4) is 0 Å². The van der Waals surface area contributed by atoms with Gasteiger partial charge in [-0.05, 0) is 44.7 Å². The molecule has 1 saturated heterocycles. The van der Waals surface area contributed by atoms with Crippen molar-refractivity contribution in [2.24, 2.45) is 17.1 Å². The van der Waals surface area contributed by atoms with E-state index in [9.17, 15) is 4.79 Å². The maximum absolute atomic E-state index is 12.8. The van der Waals surface area contributed by atoms with Crippen molar-refractivity contribution >= 4 is 23.1 Å². The molecule has 1 atom stereocenters. The summed E-state index contributed by atoms with van der Waals surface area (Å²) in [7, 11) is 1.90. The lowest BCUT2D eigenvalue weighted by molar-refractivity contribution is -0.143. The van der Waals surface area contributed by atoms with Crippen LogP contribution in [0, 0.1) is 11.3 Å². The fourth-order valence-corrected chi connectivity index (χ4v) is 4.15. The maximum Gasteiger partial charge on any atom is 0.235 e. The quantitative estimate of drug-likeness (QED) is 0.784. The van der Waals surface area contributed by atoms with E-state index in [0.717, 1.165) is 32.5 Å². The second kappa shape index (κ2) is 5.98. The van der Waals surface area contributed by atoms with Crippen LogP contribution in [-0.4, -0.2) is 53.4 Å². The summed E-state index contributed by atoms with van der Waals surface area (Å²) in [4.78, 5) is 17.5. The van der Waals surface area contributed by atoms with Crippen LogP contribution in [0.2, 0.25) is 0 Å². The first-order valence-electron chi connectivity index (χ1n) is 7.70. The van der Waals surface area contributed by atoms with Crippen LogP contribution in [-0.2, 0) is 4.79 Å². The van der Waals surface area contributed by atoms with Gasteiger partial charge in [-0.15, -0.1) is 0 Å². The molecule has 2 rings (SSSR count). The van der Waals surface area contributed by atoms with Gasteiger partial charge in [0, 0.05) is 19.6 Å². The lowest BCUT2D eigenvalue weighted by atomic mass is 9.61. The smallest absolute Gasteiger partial charge is 0.235 e.